The van der Waals surface area contributed by atoms with E-state index in [1.54, 1.807) is 29.3 Å². The second-order valence-corrected chi connectivity index (χ2v) is 7.36. The molecule has 0 bridgehead atoms. The molecule has 0 saturated carbocycles. The summed E-state index contributed by atoms with van der Waals surface area (Å²) in [5.41, 5.74) is 2.48. The highest BCUT2D eigenvalue weighted by molar-refractivity contribution is 6.34. The van der Waals surface area contributed by atoms with Crippen LogP contribution in [-0.2, 0) is 11.2 Å². The number of amides is 2. The maximum Gasteiger partial charge on any atom is 0.255 e. The molecule has 1 N–H and O–H groups in total. The van der Waals surface area contributed by atoms with Crippen LogP contribution in [0.3, 0.4) is 0 Å². The predicted octanol–water partition coefficient (Wildman–Crippen LogP) is 2.39. The molecule has 0 aliphatic carbocycles. The molecule has 1 aromatic heterocycles. The molecule has 0 atom stereocenters. The van der Waals surface area contributed by atoms with E-state index in [-0.39, 0.29) is 24.0 Å². The van der Waals surface area contributed by atoms with Gasteiger partial charge >= 0.3 is 0 Å². The molecule has 28 heavy (non-hydrogen) atoms. The van der Waals surface area contributed by atoms with Gasteiger partial charge < -0.3 is 15.1 Å². The Morgan fingerprint density at radius 1 is 1.14 bits per heavy atom. The highest BCUT2D eigenvalue weighted by atomic mass is 35.5. The Bertz CT molecular complexity index is 966. The lowest BCUT2D eigenvalue weighted by atomic mass is 10.1. The van der Waals surface area contributed by atoms with Gasteiger partial charge in [0.2, 0.25) is 5.91 Å². The molecule has 144 valence electrons. The number of halogens is 1. The summed E-state index contributed by atoms with van der Waals surface area (Å²) in [6.07, 6.45) is 1.84. The predicted molar refractivity (Wildman–Crippen MR) is 106 cm³/mol. The average molecular weight is 399 g/mol. The van der Waals surface area contributed by atoms with E-state index in [0.717, 1.165) is 11.4 Å². The van der Waals surface area contributed by atoms with Crippen molar-refractivity contribution in [3.05, 3.63) is 52.2 Å². The molecule has 4 rings (SSSR count). The summed E-state index contributed by atoms with van der Waals surface area (Å²) in [7, 11) is 0. The van der Waals surface area contributed by atoms with E-state index in [0.29, 0.717) is 48.0 Å². The number of fused-ring (bicyclic) bond motifs is 1. The number of carbonyl (C=O) groups is 3. The van der Waals surface area contributed by atoms with Gasteiger partial charge in [0, 0.05) is 43.6 Å². The van der Waals surface area contributed by atoms with E-state index in [9.17, 15) is 14.4 Å². The summed E-state index contributed by atoms with van der Waals surface area (Å²) in [5, 5.41) is 3.08. The number of aromatic nitrogens is 1. The Kier molecular flexibility index (Phi) is 4.77. The minimum atomic E-state index is -0.133. The van der Waals surface area contributed by atoms with Crippen LogP contribution in [0.25, 0.3) is 0 Å². The zero-order valence-electron chi connectivity index (χ0n) is 15.4. The van der Waals surface area contributed by atoms with Gasteiger partial charge in [0.1, 0.15) is 5.82 Å². The number of pyridine rings is 1. The molecule has 2 aromatic rings. The molecule has 7 nitrogen and oxygen atoms in total. The van der Waals surface area contributed by atoms with Crippen molar-refractivity contribution < 1.29 is 14.4 Å². The third kappa shape index (κ3) is 3.45. The smallest absolute Gasteiger partial charge is 0.255 e. The van der Waals surface area contributed by atoms with Gasteiger partial charge in [-0.15, -0.1) is 0 Å². The fraction of sp³-hybridized carbons (Fsp3) is 0.300. The topological polar surface area (TPSA) is 82.6 Å². The van der Waals surface area contributed by atoms with Crippen LogP contribution in [0.4, 0.5) is 11.5 Å². The molecule has 3 heterocycles. The van der Waals surface area contributed by atoms with Crippen LogP contribution >= 0.6 is 11.6 Å². The van der Waals surface area contributed by atoms with Gasteiger partial charge in [0.25, 0.3) is 5.91 Å². The quantitative estimate of drug-likeness (QED) is 0.803. The normalized spacial score (nSPS) is 16.0. The summed E-state index contributed by atoms with van der Waals surface area (Å²) in [6, 6.07) is 6.95. The number of rotatable bonds is 3. The Balaban J connectivity index is 1.44. The van der Waals surface area contributed by atoms with Crippen LogP contribution in [0.2, 0.25) is 5.02 Å². The molecular weight excluding hydrogens is 380 g/mol. The number of nitrogens with one attached hydrogen (secondary N) is 1. The molecule has 0 spiro atoms. The van der Waals surface area contributed by atoms with E-state index in [1.807, 2.05) is 6.07 Å². The number of nitrogens with zero attached hydrogens (tertiary/aromatic N) is 3. The molecule has 2 aliphatic heterocycles. The molecule has 8 heteroatoms. The zero-order chi connectivity index (χ0) is 19.8. The number of hydrogen-bond acceptors (Lipinski definition) is 5. The first-order valence-corrected chi connectivity index (χ1v) is 9.43. The van der Waals surface area contributed by atoms with Crippen molar-refractivity contribution in [2.75, 3.05) is 36.4 Å². The van der Waals surface area contributed by atoms with Crippen molar-refractivity contribution in [2.24, 2.45) is 0 Å². The summed E-state index contributed by atoms with van der Waals surface area (Å²) < 4.78 is 0. The van der Waals surface area contributed by atoms with Crippen LogP contribution < -0.4 is 10.2 Å². The SMILES string of the molecule is CC(=O)c1ccc(N2CCN(C(=O)c3cc4c(cc3Cl)NC(=O)C4)CC2)nc1. The van der Waals surface area contributed by atoms with Gasteiger partial charge in [-0.05, 0) is 36.8 Å². The molecular formula is C20H19ClN4O3. The molecule has 2 aliphatic rings. The van der Waals surface area contributed by atoms with Crippen molar-refractivity contribution in [1.29, 1.82) is 0 Å². The second-order valence-electron chi connectivity index (χ2n) is 6.95. The van der Waals surface area contributed by atoms with Crippen molar-refractivity contribution in [3.63, 3.8) is 0 Å². The average Bonchev–Trinajstić information content (AvgIpc) is 3.06. The van der Waals surface area contributed by atoms with E-state index in [2.05, 4.69) is 15.2 Å². The number of benzene rings is 1. The zero-order valence-corrected chi connectivity index (χ0v) is 16.1. The van der Waals surface area contributed by atoms with Crippen LogP contribution in [0.15, 0.2) is 30.5 Å². The standard InChI is InChI=1S/C20H19ClN4O3/c1-12(26)13-2-3-18(22-11-13)24-4-6-25(7-5-24)20(28)15-8-14-9-19(27)23-17(14)10-16(15)21/h2-3,8,10-11H,4-7,9H2,1H3,(H,23,27). The first kappa shape index (κ1) is 18.4. The number of anilines is 2. The summed E-state index contributed by atoms with van der Waals surface area (Å²) in [5.74, 6) is 0.550. The van der Waals surface area contributed by atoms with Gasteiger partial charge in [0.05, 0.1) is 17.0 Å². The van der Waals surface area contributed by atoms with E-state index < -0.39 is 0 Å². The third-order valence-electron chi connectivity index (χ3n) is 5.09. The van der Waals surface area contributed by atoms with Crippen molar-refractivity contribution in [3.8, 4) is 0 Å². The van der Waals surface area contributed by atoms with Crippen LogP contribution in [0.5, 0.6) is 0 Å². The minimum Gasteiger partial charge on any atom is -0.353 e. The van der Waals surface area contributed by atoms with Gasteiger partial charge in [-0.3, -0.25) is 14.4 Å². The Labute approximate surface area is 167 Å². The lowest BCUT2D eigenvalue weighted by molar-refractivity contribution is -0.115. The molecule has 0 unspecified atom stereocenters. The number of carbonyl (C=O) groups excluding carboxylic acids is 3. The second kappa shape index (κ2) is 7.24. The first-order chi connectivity index (χ1) is 13.4. The highest BCUT2D eigenvalue weighted by Gasteiger charge is 2.27. The molecule has 1 aromatic carbocycles. The monoisotopic (exact) mass is 398 g/mol. The Morgan fingerprint density at radius 3 is 2.54 bits per heavy atom. The molecule has 2 amide bonds. The third-order valence-corrected chi connectivity index (χ3v) is 5.41. The van der Waals surface area contributed by atoms with E-state index in [4.69, 9.17) is 11.6 Å². The molecule has 1 saturated heterocycles. The van der Waals surface area contributed by atoms with Crippen molar-refractivity contribution >= 4 is 40.7 Å². The Morgan fingerprint density at radius 2 is 1.89 bits per heavy atom. The number of ketones is 1. The van der Waals surface area contributed by atoms with E-state index >= 15 is 0 Å². The number of piperazine rings is 1. The number of Topliss-reactive ketones (excluding diaryl/α,β-unsaturated/α-hetero) is 1. The van der Waals surface area contributed by atoms with E-state index in [1.165, 1.54) is 6.92 Å². The fourth-order valence-corrected chi connectivity index (χ4v) is 3.75. The number of hydrogen-bond donors (Lipinski definition) is 1. The maximum atomic E-state index is 12.9. The Hall–Kier alpha value is -2.93. The van der Waals surface area contributed by atoms with Gasteiger partial charge in [-0.2, -0.15) is 0 Å². The van der Waals surface area contributed by atoms with Crippen LogP contribution in [-0.4, -0.2) is 53.7 Å². The van der Waals surface area contributed by atoms with Crippen LogP contribution in [0.1, 0.15) is 33.2 Å². The first-order valence-electron chi connectivity index (χ1n) is 9.06. The maximum absolute atomic E-state index is 12.9. The van der Waals surface area contributed by atoms with Gasteiger partial charge in [-0.1, -0.05) is 11.6 Å². The van der Waals surface area contributed by atoms with Crippen molar-refractivity contribution in [1.82, 2.24) is 9.88 Å². The highest BCUT2D eigenvalue weighted by Crippen LogP contribution is 2.30. The minimum absolute atomic E-state index is 0.0161. The lowest BCUT2D eigenvalue weighted by Crippen LogP contribution is -2.49. The summed E-state index contributed by atoms with van der Waals surface area (Å²) in [6.45, 7) is 3.87. The molecule has 0 radical (unpaired) electrons. The van der Waals surface area contributed by atoms with Crippen LogP contribution in [0, 0.1) is 0 Å². The van der Waals surface area contributed by atoms with Crippen molar-refractivity contribution in [2.45, 2.75) is 13.3 Å². The lowest BCUT2D eigenvalue weighted by Gasteiger charge is -2.35. The molecule has 1 fully saturated rings. The largest absolute Gasteiger partial charge is 0.353 e. The van der Waals surface area contributed by atoms with Gasteiger partial charge in [0.15, 0.2) is 5.78 Å². The summed E-state index contributed by atoms with van der Waals surface area (Å²) in [4.78, 5) is 44.0. The fourth-order valence-electron chi connectivity index (χ4n) is 3.50. The van der Waals surface area contributed by atoms with Gasteiger partial charge in [-0.25, -0.2) is 4.98 Å². The summed E-state index contributed by atoms with van der Waals surface area (Å²) >= 11 is 6.29.